The highest BCUT2D eigenvalue weighted by Crippen LogP contribution is 2.40. The van der Waals surface area contributed by atoms with E-state index in [9.17, 15) is 4.79 Å². The number of nitrogens with zero attached hydrogens (tertiary/aromatic N) is 2. The largest absolute Gasteiger partial charge is 0.361 e. The average molecular weight is 319 g/mol. The number of aromatic nitrogens is 1. The molecule has 2 fully saturated rings. The number of hydrogen-bond acceptors (Lipinski definition) is 4. The normalized spacial score (nSPS) is 19.7. The number of carbonyl (C=O) groups excluding carboxylic acids is 1. The zero-order valence-corrected chi connectivity index (χ0v) is 14.2. The van der Waals surface area contributed by atoms with Crippen LogP contribution in [0.2, 0.25) is 0 Å². The molecule has 2 aliphatic carbocycles. The van der Waals surface area contributed by atoms with E-state index in [0.29, 0.717) is 18.4 Å². The van der Waals surface area contributed by atoms with E-state index in [2.05, 4.69) is 21.4 Å². The molecule has 1 aromatic heterocycles. The summed E-state index contributed by atoms with van der Waals surface area (Å²) >= 11 is 0. The maximum Gasteiger partial charge on any atom is 0.221 e. The van der Waals surface area contributed by atoms with Crippen molar-refractivity contribution >= 4 is 5.91 Å². The van der Waals surface area contributed by atoms with Gasteiger partial charge < -0.3 is 9.84 Å². The van der Waals surface area contributed by atoms with Gasteiger partial charge in [-0.15, -0.1) is 0 Å². The van der Waals surface area contributed by atoms with Gasteiger partial charge in [-0.2, -0.15) is 0 Å². The summed E-state index contributed by atoms with van der Waals surface area (Å²) in [6.07, 6.45) is 10.4. The molecule has 128 valence electrons. The lowest BCUT2D eigenvalue weighted by Crippen LogP contribution is -2.36. The van der Waals surface area contributed by atoms with Crippen LogP contribution in [0.3, 0.4) is 0 Å². The first kappa shape index (κ1) is 16.5. The second kappa shape index (κ2) is 7.95. The standard InChI is InChI=1S/C18H29N3O2/c1-21(13-16-12-17(23-20-16)14-8-9-14)11-10-18(22)19-15-6-4-2-3-5-7-15/h12,14-15H,2-11,13H2,1H3,(H,19,22). The Labute approximate surface area is 138 Å². The summed E-state index contributed by atoms with van der Waals surface area (Å²) in [6.45, 7) is 1.50. The van der Waals surface area contributed by atoms with Crippen molar-refractivity contribution in [1.82, 2.24) is 15.4 Å². The summed E-state index contributed by atoms with van der Waals surface area (Å²) in [7, 11) is 2.03. The Morgan fingerprint density at radius 2 is 2.00 bits per heavy atom. The fraction of sp³-hybridized carbons (Fsp3) is 0.778. The fourth-order valence-electron chi connectivity index (χ4n) is 3.33. The molecule has 1 amide bonds. The van der Waals surface area contributed by atoms with Crippen molar-refractivity contribution in [2.75, 3.05) is 13.6 Å². The highest BCUT2D eigenvalue weighted by Gasteiger charge is 2.27. The summed E-state index contributed by atoms with van der Waals surface area (Å²) < 4.78 is 5.37. The third-order valence-corrected chi connectivity index (χ3v) is 4.93. The van der Waals surface area contributed by atoms with E-state index in [1.165, 1.54) is 38.5 Å². The second-order valence-electron chi connectivity index (χ2n) is 7.24. The molecule has 0 aliphatic heterocycles. The van der Waals surface area contributed by atoms with Crippen LogP contribution in [-0.4, -0.2) is 35.6 Å². The van der Waals surface area contributed by atoms with Crippen molar-refractivity contribution in [3.05, 3.63) is 17.5 Å². The van der Waals surface area contributed by atoms with Gasteiger partial charge in [-0.3, -0.25) is 9.69 Å². The van der Waals surface area contributed by atoms with Crippen LogP contribution in [0.4, 0.5) is 0 Å². The molecule has 1 aromatic rings. The summed E-state index contributed by atoms with van der Waals surface area (Å²) in [5.74, 6) is 1.81. The molecule has 0 unspecified atom stereocenters. The number of hydrogen-bond donors (Lipinski definition) is 1. The number of rotatable bonds is 7. The zero-order chi connectivity index (χ0) is 16.1. The molecule has 23 heavy (non-hydrogen) atoms. The molecule has 1 N–H and O–H groups in total. The van der Waals surface area contributed by atoms with Crippen molar-refractivity contribution in [3.8, 4) is 0 Å². The quantitative estimate of drug-likeness (QED) is 0.784. The predicted octanol–water partition coefficient (Wildman–Crippen LogP) is 3.21. The Morgan fingerprint density at radius 1 is 1.26 bits per heavy atom. The molecule has 0 saturated heterocycles. The SMILES string of the molecule is CN(CCC(=O)NC1CCCCCC1)Cc1cc(C2CC2)on1. The molecule has 2 aliphatic rings. The van der Waals surface area contributed by atoms with Gasteiger partial charge in [0.1, 0.15) is 5.76 Å². The lowest BCUT2D eigenvalue weighted by Gasteiger charge is -2.18. The highest BCUT2D eigenvalue weighted by atomic mass is 16.5. The average Bonchev–Trinajstić information content (AvgIpc) is 3.32. The third kappa shape index (κ3) is 5.34. The van der Waals surface area contributed by atoms with Gasteiger partial charge in [0.2, 0.25) is 5.91 Å². The maximum absolute atomic E-state index is 12.1. The van der Waals surface area contributed by atoms with E-state index in [-0.39, 0.29) is 5.91 Å². The Bertz CT molecular complexity index is 502. The van der Waals surface area contributed by atoms with Crippen molar-refractivity contribution in [2.45, 2.75) is 76.3 Å². The first-order valence-corrected chi connectivity index (χ1v) is 9.14. The van der Waals surface area contributed by atoms with E-state index in [1.807, 2.05) is 7.05 Å². The van der Waals surface area contributed by atoms with E-state index in [0.717, 1.165) is 37.4 Å². The van der Waals surface area contributed by atoms with E-state index >= 15 is 0 Å². The monoisotopic (exact) mass is 319 g/mol. The number of nitrogens with one attached hydrogen (secondary N) is 1. The predicted molar refractivity (Wildman–Crippen MR) is 89.1 cm³/mol. The lowest BCUT2D eigenvalue weighted by atomic mass is 10.1. The minimum absolute atomic E-state index is 0.183. The summed E-state index contributed by atoms with van der Waals surface area (Å²) in [4.78, 5) is 14.3. The van der Waals surface area contributed by atoms with Crippen LogP contribution in [0, 0.1) is 0 Å². The van der Waals surface area contributed by atoms with Gasteiger partial charge in [-0.25, -0.2) is 0 Å². The third-order valence-electron chi connectivity index (χ3n) is 4.93. The molecule has 0 atom stereocenters. The van der Waals surface area contributed by atoms with E-state index in [4.69, 9.17) is 4.52 Å². The molecule has 5 heteroatoms. The topological polar surface area (TPSA) is 58.4 Å². The Balaban J connectivity index is 1.35. The molecular formula is C18H29N3O2. The van der Waals surface area contributed by atoms with Gasteiger partial charge >= 0.3 is 0 Å². The summed E-state index contributed by atoms with van der Waals surface area (Å²) in [5.41, 5.74) is 0.971. The Kier molecular flexibility index (Phi) is 5.70. The van der Waals surface area contributed by atoms with Crippen LogP contribution in [0.15, 0.2) is 10.6 Å². The highest BCUT2D eigenvalue weighted by molar-refractivity contribution is 5.76. The molecule has 0 bridgehead atoms. The zero-order valence-electron chi connectivity index (χ0n) is 14.2. The summed E-state index contributed by atoms with van der Waals surface area (Å²) in [5, 5.41) is 7.34. The van der Waals surface area contributed by atoms with E-state index in [1.54, 1.807) is 0 Å². The smallest absolute Gasteiger partial charge is 0.221 e. The molecule has 0 radical (unpaired) electrons. The molecule has 3 rings (SSSR count). The van der Waals surface area contributed by atoms with Crippen molar-refractivity contribution in [1.29, 1.82) is 0 Å². The molecule has 0 aromatic carbocycles. The molecule has 2 saturated carbocycles. The fourth-order valence-corrected chi connectivity index (χ4v) is 3.33. The first-order valence-electron chi connectivity index (χ1n) is 9.14. The Morgan fingerprint density at radius 3 is 2.70 bits per heavy atom. The van der Waals surface area contributed by atoms with Crippen LogP contribution in [0.1, 0.15) is 75.2 Å². The lowest BCUT2D eigenvalue weighted by molar-refractivity contribution is -0.122. The molecule has 0 spiro atoms. The number of carbonyl (C=O) groups is 1. The minimum Gasteiger partial charge on any atom is -0.361 e. The number of amides is 1. The van der Waals surface area contributed by atoms with Gasteiger partial charge in [0.25, 0.3) is 0 Å². The molecule has 1 heterocycles. The van der Waals surface area contributed by atoms with Crippen molar-refractivity contribution < 1.29 is 9.32 Å². The van der Waals surface area contributed by atoms with Crippen LogP contribution >= 0.6 is 0 Å². The van der Waals surface area contributed by atoms with Crippen molar-refractivity contribution in [3.63, 3.8) is 0 Å². The van der Waals surface area contributed by atoms with Crippen LogP contribution in [-0.2, 0) is 11.3 Å². The second-order valence-corrected chi connectivity index (χ2v) is 7.24. The minimum atomic E-state index is 0.183. The van der Waals surface area contributed by atoms with Gasteiger partial charge in [-0.05, 0) is 32.7 Å². The van der Waals surface area contributed by atoms with Crippen LogP contribution < -0.4 is 5.32 Å². The maximum atomic E-state index is 12.1. The van der Waals surface area contributed by atoms with Crippen molar-refractivity contribution in [2.24, 2.45) is 0 Å². The van der Waals surface area contributed by atoms with Gasteiger partial charge in [0.15, 0.2) is 0 Å². The van der Waals surface area contributed by atoms with E-state index < -0.39 is 0 Å². The van der Waals surface area contributed by atoms with Gasteiger partial charge in [0.05, 0.1) is 5.69 Å². The van der Waals surface area contributed by atoms with Gasteiger partial charge in [-0.1, -0.05) is 30.8 Å². The molecule has 5 nitrogen and oxygen atoms in total. The van der Waals surface area contributed by atoms with Crippen LogP contribution in [0.25, 0.3) is 0 Å². The first-order chi connectivity index (χ1) is 11.2. The van der Waals surface area contributed by atoms with Gasteiger partial charge in [0, 0.05) is 37.5 Å². The van der Waals surface area contributed by atoms with Crippen LogP contribution in [0.5, 0.6) is 0 Å². The Hall–Kier alpha value is -1.36. The summed E-state index contributed by atoms with van der Waals surface area (Å²) in [6, 6.07) is 2.46. The molecular weight excluding hydrogens is 290 g/mol.